The van der Waals surface area contributed by atoms with Crippen LogP contribution in [0.3, 0.4) is 0 Å². The number of hydrogen-bond donors (Lipinski definition) is 5. The average Bonchev–Trinajstić information content (AvgIpc) is 3.76. The van der Waals surface area contributed by atoms with Crippen molar-refractivity contribution in [1.82, 2.24) is 14.8 Å². The summed E-state index contributed by atoms with van der Waals surface area (Å²) in [6.45, 7) is -0.0630. The predicted octanol–water partition coefficient (Wildman–Crippen LogP) is 1.65. The lowest BCUT2D eigenvalue weighted by Crippen LogP contribution is -2.49. The first kappa shape index (κ1) is 39.4. The van der Waals surface area contributed by atoms with Crippen molar-refractivity contribution in [2.24, 2.45) is 0 Å². The van der Waals surface area contributed by atoms with Crippen LogP contribution in [0.25, 0.3) is 22.6 Å². The van der Waals surface area contributed by atoms with Crippen LogP contribution in [0.15, 0.2) is 51.4 Å². The second-order valence-corrected chi connectivity index (χ2v) is 12.4. The molecule has 55 heavy (non-hydrogen) atoms. The number of carboxylic acids is 5. The van der Waals surface area contributed by atoms with Crippen LogP contribution >= 0.6 is 0 Å². The highest BCUT2D eigenvalue weighted by Crippen LogP contribution is 2.37. The zero-order valence-corrected chi connectivity index (χ0v) is 29.4. The van der Waals surface area contributed by atoms with E-state index in [-0.39, 0.29) is 78.7 Å². The van der Waals surface area contributed by atoms with Crippen LogP contribution < -0.4 is 19.3 Å². The normalized spacial score (nSPS) is 13.0. The molecule has 1 saturated heterocycles. The summed E-state index contributed by atoms with van der Waals surface area (Å²) in [7, 11) is 0. The fraction of sp³-hybridized carbons (Fsp3) is 0.343. The number of benzene rings is 2. The molecule has 5 rings (SSSR count). The quantitative estimate of drug-likeness (QED) is 0.0848. The number of hydrogen-bond acceptors (Lipinski definition) is 14. The fourth-order valence-corrected chi connectivity index (χ4v) is 5.87. The van der Waals surface area contributed by atoms with E-state index in [4.69, 9.17) is 23.4 Å². The largest absolute Gasteiger partial charge is 0.488 e. The second-order valence-electron chi connectivity index (χ2n) is 12.4. The molecule has 5 N–H and O–H groups in total. The first-order valence-corrected chi connectivity index (χ1v) is 16.7. The van der Waals surface area contributed by atoms with Gasteiger partial charge in [0.15, 0.2) is 5.76 Å². The Balaban J connectivity index is 1.37. The first-order chi connectivity index (χ1) is 26.2. The van der Waals surface area contributed by atoms with Gasteiger partial charge in [-0.05, 0) is 36.8 Å². The molecule has 3 heterocycles. The molecular formula is C35H37N5O15. The highest BCUT2D eigenvalue weighted by atomic mass is 16.5. The van der Waals surface area contributed by atoms with E-state index >= 15 is 0 Å². The Bertz CT molecular complexity index is 2050. The van der Waals surface area contributed by atoms with Gasteiger partial charge >= 0.3 is 29.8 Å². The Labute approximate surface area is 311 Å². The number of aromatic nitrogens is 1. The van der Waals surface area contributed by atoms with Crippen LogP contribution in [0.4, 0.5) is 11.4 Å². The molecule has 1 aliphatic heterocycles. The molecule has 0 unspecified atom stereocenters. The van der Waals surface area contributed by atoms with E-state index in [9.17, 15) is 49.2 Å². The maximum absolute atomic E-state index is 13.1. The lowest BCUT2D eigenvalue weighted by atomic mass is 10.2. The number of aliphatic carboxylic acids is 5. The van der Waals surface area contributed by atoms with Gasteiger partial charge in [0.1, 0.15) is 56.5 Å². The lowest BCUT2D eigenvalue weighted by molar-refractivity contribution is -0.139. The molecule has 0 radical (unpaired) electrons. The third kappa shape index (κ3) is 10.4. The molecule has 0 saturated carbocycles. The minimum atomic E-state index is -1.32. The molecule has 2 aromatic heterocycles. The summed E-state index contributed by atoms with van der Waals surface area (Å²) in [5, 5.41) is 47.3. The number of amides is 1. The van der Waals surface area contributed by atoms with Crippen LogP contribution in [0.2, 0.25) is 0 Å². The third-order valence-corrected chi connectivity index (χ3v) is 8.24. The van der Waals surface area contributed by atoms with Crippen molar-refractivity contribution in [2.45, 2.75) is 6.92 Å². The highest BCUT2D eigenvalue weighted by Gasteiger charge is 2.27. The molecule has 20 nitrogen and oxygen atoms in total. The van der Waals surface area contributed by atoms with Gasteiger partial charge in [0.2, 0.25) is 5.76 Å². The molecule has 20 heteroatoms. The van der Waals surface area contributed by atoms with E-state index in [0.717, 1.165) is 15.4 Å². The Morgan fingerprint density at radius 2 is 1.27 bits per heavy atom. The van der Waals surface area contributed by atoms with E-state index in [1.807, 2.05) is 0 Å². The van der Waals surface area contributed by atoms with Crippen molar-refractivity contribution in [1.29, 1.82) is 0 Å². The lowest BCUT2D eigenvalue weighted by Gasteiger charge is -2.33. The summed E-state index contributed by atoms with van der Waals surface area (Å²) in [5.41, 5.74) is 1.18. The van der Waals surface area contributed by atoms with Crippen molar-refractivity contribution in [3.8, 4) is 23.1 Å². The average molecular weight is 768 g/mol. The molecule has 0 bridgehead atoms. The number of carbonyl (C=O) groups is 6. The summed E-state index contributed by atoms with van der Waals surface area (Å²) in [6, 6.07) is 9.21. The monoisotopic (exact) mass is 767 g/mol. The van der Waals surface area contributed by atoms with Crippen LogP contribution in [0.5, 0.6) is 11.5 Å². The maximum atomic E-state index is 13.1. The topological polar surface area (TPSA) is 274 Å². The third-order valence-electron chi connectivity index (χ3n) is 8.24. The number of furan rings is 1. The number of fused-ring (bicyclic) bond motifs is 1. The molecule has 1 aliphatic rings. The second kappa shape index (κ2) is 17.3. The van der Waals surface area contributed by atoms with Gasteiger partial charge < -0.3 is 58.5 Å². The Morgan fingerprint density at radius 3 is 1.84 bits per heavy atom. The van der Waals surface area contributed by atoms with E-state index in [1.54, 1.807) is 24.0 Å². The number of aryl methyl sites for hydroxylation is 1. The number of anilines is 2. The summed E-state index contributed by atoms with van der Waals surface area (Å²) in [4.78, 5) is 80.1. The highest BCUT2D eigenvalue weighted by molar-refractivity contribution is 5.93. The van der Waals surface area contributed by atoms with Crippen LogP contribution in [-0.2, 0) is 24.0 Å². The molecule has 0 spiro atoms. The van der Waals surface area contributed by atoms with Crippen LogP contribution in [0, 0.1) is 6.92 Å². The van der Waals surface area contributed by atoms with Gasteiger partial charge in [0.05, 0.1) is 24.1 Å². The summed E-state index contributed by atoms with van der Waals surface area (Å²) in [5.74, 6) is -6.36. The van der Waals surface area contributed by atoms with E-state index in [2.05, 4.69) is 4.98 Å². The molecular weight excluding hydrogens is 730 g/mol. The number of carboxylic acid groups (broad SMARTS) is 5. The van der Waals surface area contributed by atoms with Crippen LogP contribution in [-0.4, -0.2) is 148 Å². The van der Waals surface area contributed by atoms with Crippen molar-refractivity contribution in [3.63, 3.8) is 0 Å². The molecule has 0 atom stereocenters. The molecule has 1 fully saturated rings. The van der Waals surface area contributed by atoms with Gasteiger partial charge in [-0.1, -0.05) is 6.07 Å². The molecule has 2 aromatic carbocycles. The number of nitrogens with zero attached hydrogens (tertiary/aromatic N) is 5. The van der Waals surface area contributed by atoms with Crippen molar-refractivity contribution in [2.75, 3.05) is 81.9 Å². The van der Waals surface area contributed by atoms with Gasteiger partial charge in [-0.25, -0.2) is 4.98 Å². The SMILES string of the molecule is Cc1ccc(N(CC(=O)O)CC(=O)O)c(OCCOc2cc3cc(-c4ncc(C(=O)N5CCN(CC(=O)O)CC5)o4)oc3cc2N(CC(=O)O)CC(=O)O)c1. The number of carbonyl (C=O) groups excluding carboxylic acids is 1. The Morgan fingerprint density at radius 1 is 0.709 bits per heavy atom. The van der Waals surface area contributed by atoms with E-state index < -0.39 is 61.9 Å². The van der Waals surface area contributed by atoms with E-state index in [1.165, 1.54) is 35.4 Å². The molecule has 1 amide bonds. The van der Waals surface area contributed by atoms with Crippen LogP contribution in [0.1, 0.15) is 16.1 Å². The van der Waals surface area contributed by atoms with Gasteiger partial charge in [0, 0.05) is 37.6 Å². The van der Waals surface area contributed by atoms with Gasteiger partial charge in [-0.3, -0.25) is 33.7 Å². The van der Waals surface area contributed by atoms with Crippen molar-refractivity contribution >= 4 is 58.1 Å². The standard InChI is InChI=1S/C35H37N5O15/c1-20-2-3-22(39(16-30(43)44)17-31(45)46)25(10-20)52-8-9-53-26-11-21-12-27(54-24(21)13-23(26)40(18-32(47)48)19-33(49)50)34-36-14-28(55-34)35(51)38-6-4-37(5-7-38)15-29(41)42/h2-3,10-14H,4-9,15-19H2,1H3,(H,41,42)(H,43,44)(H,45,46)(H,47,48)(H,49,50). The number of rotatable bonds is 19. The molecule has 0 aliphatic carbocycles. The first-order valence-electron chi connectivity index (χ1n) is 16.7. The minimum absolute atomic E-state index is 0.0499. The minimum Gasteiger partial charge on any atom is -0.488 e. The predicted molar refractivity (Wildman–Crippen MR) is 189 cm³/mol. The molecule has 292 valence electrons. The van der Waals surface area contributed by atoms with Crippen molar-refractivity contribution in [3.05, 3.63) is 53.9 Å². The van der Waals surface area contributed by atoms with Gasteiger partial charge in [-0.15, -0.1) is 0 Å². The Hall–Kier alpha value is -6.83. The molecule has 4 aromatic rings. The summed E-state index contributed by atoms with van der Waals surface area (Å²) < 4.78 is 23.6. The zero-order valence-electron chi connectivity index (χ0n) is 29.4. The number of piperazine rings is 1. The number of ether oxygens (including phenoxy) is 2. The fourth-order valence-electron chi connectivity index (χ4n) is 5.87. The van der Waals surface area contributed by atoms with Crippen molar-refractivity contribution < 1.29 is 72.6 Å². The smallest absolute Gasteiger partial charge is 0.323 e. The van der Waals surface area contributed by atoms with Gasteiger partial charge in [0.25, 0.3) is 11.8 Å². The maximum Gasteiger partial charge on any atom is 0.323 e. The summed E-state index contributed by atoms with van der Waals surface area (Å²) >= 11 is 0. The van der Waals surface area contributed by atoms with E-state index in [0.29, 0.717) is 18.5 Å². The van der Waals surface area contributed by atoms with Gasteiger partial charge in [-0.2, -0.15) is 0 Å². The zero-order chi connectivity index (χ0) is 39.8. The summed E-state index contributed by atoms with van der Waals surface area (Å²) in [6.07, 6.45) is 1.23. The number of oxazole rings is 1. The Kier molecular flexibility index (Phi) is 12.4.